The number of aromatic nitrogens is 3. The molecule has 3 aromatic rings. The number of nitrogens with zero attached hydrogens (tertiary/aromatic N) is 4. The smallest absolute Gasteiger partial charge is 0.226 e. The summed E-state index contributed by atoms with van der Waals surface area (Å²) >= 11 is 5.94. The predicted molar refractivity (Wildman–Crippen MR) is 86.6 cm³/mol. The fourth-order valence-corrected chi connectivity index (χ4v) is 2.86. The Kier molecular flexibility index (Phi) is 3.42. The monoisotopic (exact) mass is 326 g/mol. The van der Waals surface area contributed by atoms with Crippen molar-refractivity contribution in [3.05, 3.63) is 70.8 Å². The highest BCUT2D eigenvalue weighted by atomic mass is 35.5. The van der Waals surface area contributed by atoms with Gasteiger partial charge in [0, 0.05) is 19.3 Å². The van der Waals surface area contributed by atoms with Gasteiger partial charge < -0.3 is 4.90 Å². The first kappa shape index (κ1) is 14.1. The van der Waals surface area contributed by atoms with Crippen LogP contribution < -0.4 is 4.90 Å². The third-order valence-electron chi connectivity index (χ3n) is 3.79. The molecule has 1 aliphatic rings. The Morgan fingerprint density at radius 2 is 1.78 bits per heavy atom. The van der Waals surface area contributed by atoms with E-state index in [2.05, 4.69) is 15.0 Å². The lowest BCUT2D eigenvalue weighted by Gasteiger charge is -2.15. The van der Waals surface area contributed by atoms with Gasteiger partial charge in [-0.15, -0.1) is 0 Å². The molecule has 114 valence electrons. The summed E-state index contributed by atoms with van der Waals surface area (Å²) in [4.78, 5) is 15.2. The Morgan fingerprint density at radius 1 is 0.957 bits per heavy atom. The number of fused-ring (bicyclic) bond motifs is 1. The molecule has 0 saturated carbocycles. The second-order valence-corrected chi connectivity index (χ2v) is 5.74. The number of halogens is 2. The average molecular weight is 327 g/mol. The largest absolute Gasteiger partial charge is 0.332 e. The third kappa shape index (κ3) is 2.75. The lowest BCUT2D eigenvalue weighted by atomic mass is 10.1. The minimum absolute atomic E-state index is 0.219. The standard InChI is InChI=1S/C17H12ClFN4/c18-16-3-1-2-14(21-16)15-6-7-20-17(22-15)23-9-11-4-5-13(19)8-12(11)10-23/h1-8H,9-10H2. The van der Waals surface area contributed by atoms with Gasteiger partial charge >= 0.3 is 0 Å². The minimum atomic E-state index is -0.219. The molecule has 2 aromatic heterocycles. The number of pyridine rings is 1. The number of hydrogen-bond acceptors (Lipinski definition) is 4. The molecule has 6 heteroatoms. The summed E-state index contributed by atoms with van der Waals surface area (Å²) in [6, 6.07) is 12.1. The summed E-state index contributed by atoms with van der Waals surface area (Å²) < 4.78 is 13.3. The lowest BCUT2D eigenvalue weighted by Crippen LogP contribution is -2.17. The van der Waals surface area contributed by atoms with Crippen molar-refractivity contribution in [3.63, 3.8) is 0 Å². The highest BCUT2D eigenvalue weighted by Crippen LogP contribution is 2.27. The topological polar surface area (TPSA) is 41.9 Å². The second-order valence-electron chi connectivity index (χ2n) is 5.36. The van der Waals surface area contributed by atoms with Gasteiger partial charge in [-0.1, -0.05) is 23.7 Å². The van der Waals surface area contributed by atoms with Gasteiger partial charge in [-0.25, -0.2) is 19.3 Å². The Balaban J connectivity index is 1.65. The molecule has 0 radical (unpaired) electrons. The maximum Gasteiger partial charge on any atom is 0.226 e. The molecule has 0 spiro atoms. The lowest BCUT2D eigenvalue weighted by molar-refractivity contribution is 0.626. The van der Waals surface area contributed by atoms with E-state index in [4.69, 9.17) is 11.6 Å². The molecule has 0 saturated heterocycles. The highest BCUT2D eigenvalue weighted by molar-refractivity contribution is 6.29. The normalized spacial score (nSPS) is 13.2. The van der Waals surface area contributed by atoms with Gasteiger partial charge in [0.1, 0.15) is 11.0 Å². The van der Waals surface area contributed by atoms with E-state index in [1.807, 2.05) is 23.1 Å². The molecule has 0 N–H and O–H groups in total. The van der Waals surface area contributed by atoms with Crippen LogP contribution in [0.5, 0.6) is 0 Å². The zero-order chi connectivity index (χ0) is 15.8. The zero-order valence-electron chi connectivity index (χ0n) is 12.1. The molecule has 0 amide bonds. The molecule has 0 bridgehead atoms. The maximum atomic E-state index is 13.3. The van der Waals surface area contributed by atoms with Crippen LogP contribution in [0.15, 0.2) is 48.7 Å². The first-order chi connectivity index (χ1) is 11.2. The Bertz CT molecular complexity index is 884. The molecule has 23 heavy (non-hydrogen) atoms. The van der Waals surface area contributed by atoms with E-state index in [-0.39, 0.29) is 5.82 Å². The molecule has 0 unspecified atom stereocenters. The van der Waals surface area contributed by atoms with Crippen LogP contribution in [0.1, 0.15) is 11.1 Å². The molecule has 1 aliphatic heterocycles. The summed E-state index contributed by atoms with van der Waals surface area (Å²) in [6.07, 6.45) is 1.70. The molecule has 4 rings (SSSR count). The van der Waals surface area contributed by atoms with Gasteiger partial charge in [0.2, 0.25) is 5.95 Å². The predicted octanol–water partition coefficient (Wildman–Crippen LogP) is 3.85. The first-order valence-corrected chi connectivity index (χ1v) is 7.55. The van der Waals surface area contributed by atoms with Crippen molar-refractivity contribution in [3.8, 4) is 11.4 Å². The van der Waals surface area contributed by atoms with E-state index in [0.717, 1.165) is 11.1 Å². The van der Waals surface area contributed by atoms with Gasteiger partial charge in [-0.3, -0.25) is 0 Å². The maximum absolute atomic E-state index is 13.3. The second kappa shape index (κ2) is 5.59. The molecular weight excluding hydrogens is 315 g/mol. The van der Waals surface area contributed by atoms with Gasteiger partial charge in [0.25, 0.3) is 0 Å². The molecule has 3 heterocycles. The van der Waals surface area contributed by atoms with E-state index >= 15 is 0 Å². The Labute approximate surface area is 137 Å². The van der Waals surface area contributed by atoms with Gasteiger partial charge in [-0.05, 0) is 41.5 Å². The van der Waals surface area contributed by atoms with Gasteiger partial charge in [-0.2, -0.15) is 0 Å². The summed E-state index contributed by atoms with van der Waals surface area (Å²) in [7, 11) is 0. The van der Waals surface area contributed by atoms with Gasteiger partial charge in [0.05, 0.1) is 11.4 Å². The summed E-state index contributed by atoms with van der Waals surface area (Å²) in [5, 5.41) is 0.423. The van der Waals surface area contributed by atoms with Crippen molar-refractivity contribution in [2.24, 2.45) is 0 Å². The van der Waals surface area contributed by atoms with Crippen LogP contribution in [-0.2, 0) is 13.1 Å². The number of hydrogen-bond donors (Lipinski definition) is 0. The van der Waals surface area contributed by atoms with Crippen LogP contribution in [-0.4, -0.2) is 15.0 Å². The van der Waals surface area contributed by atoms with Crippen molar-refractivity contribution in [1.82, 2.24) is 15.0 Å². The average Bonchev–Trinajstić information content (AvgIpc) is 2.98. The molecular formula is C17H12ClFN4. The van der Waals surface area contributed by atoms with Crippen LogP contribution in [0.2, 0.25) is 5.15 Å². The molecule has 0 aliphatic carbocycles. The SMILES string of the molecule is Fc1ccc2c(c1)CN(c1nccc(-c3cccc(Cl)n3)n1)C2. The van der Waals surface area contributed by atoms with E-state index in [9.17, 15) is 4.39 Å². The van der Waals surface area contributed by atoms with E-state index < -0.39 is 0 Å². The van der Waals surface area contributed by atoms with Crippen molar-refractivity contribution < 1.29 is 4.39 Å². The van der Waals surface area contributed by atoms with Crippen LogP contribution in [0.4, 0.5) is 10.3 Å². The van der Waals surface area contributed by atoms with Crippen LogP contribution in [0.25, 0.3) is 11.4 Å². The molecule has 4 nitrogen and oxygen atoms in total. The van der Waals surface area contributed by atoms with Crippen molar-refractivity contribution in [2.75, 3.05) is 4.90 Å². The quantitative estimate of drug-likeness (QED) is 0.671. The molecule has 1 aromatic carbocycles. The van der Waals surface area contributed by atoms with Crippen LogP contribution >= 0.6 is 11.6 Å². The van der Waals surface area contributed by atoms with Crippen molar-refractivity contribution in [2.45, 2.75) is 13.1 Å². The number of rotatable bonds is 2. The summed E-state index contributed by atoms with van der Waals surface area (Å²) in [5.41, 5.74) is 3.48. The van der Waals surface area contributed by atoms with Gasteiger partial charge in [0.15, 0.2) is 0 Å². The van der Waals surface area contributed by atoms with E-state index in [1.165, 1.54) is 6.07 Å². The van der Waals surface area contributed by atoms with Crippen molar-refractivity contribution >= 4 is 17.5 Å². The van der Waals surface area contributed by atoms with Crippen molar-refractivity contribution in [1.29, 1.82) is 0 Å². The van der Waals surface area contributed by atoms with E-state index in [1.54, 1.807) is 24.4 Å². The fourth-order valence-electron chi connectivity index (χ4n) is 2.70. The molecule has 0 atom stereocenters. The first-order valence-electron chi connectivity index (χ1n) is 7.17. The van der Waals surface area contributed by atoms with Crippen LogP contribution in [0.3, 0.4) is 0 Å². The Hall–Kier alpha value is -2.53. The summed E-state index contributed by atoms with van der Waals surface area (Å²) in [5.74, 6) is 0.379. The van der Waals surface area contributed by atoms with E-state index in [0.29, 0.717) is 35.6 Å². The van der Waals surface area contributed by atoms with Crippen LogP contribution in [0, 0.1) is 5.82 Å². The number of anilines is 1. The molecule has 0 fully saturated rings. The Morgan fingerprint density at radius 3 is 2.65 bits per heavy atom. The summed E-state index contributed by atoms with van der Waals surface area (Å²) in [6.45, 7) is 1.27. The fraction of sp³-hybridized carbons (Fsp3) is 0.118. The number of benzene rings is 1. The highest BCUT2D eigenvalue weighted by Gasteiger charge is 2.21. The minimum Gasteiger partial charge on any atom is -0.332 e. The third-order valence-corrected chi connectivity index (χ3v) is 4.00. The zero-order valence-corrected chi connectivity index (χ0v) is 12.8.